The van der Waals surface area contributed by atoms with Crippen molar-refractivity contribution in [2.45, 2.75) is 6.92 Å². The van der Waals surface area contributed by atoms with Crippen molar-refractivity contribution in [3.8, 4) is 0 Å². The van der Waals surface area contributed by atoms with Gasteiger partial charge in [-0.25, -0.2) is 9.79 Å². The molecule has 1 aromatic heterocycles. The lowest BCUT2D eigenvalue weighted by molar-refractivity contribution is -0.129. The number of carbonyl (C=O) groups excluding carboxylic acids is 1. The fraction of sp³-hybridized carbons (Fsp3) is 0.0667. The van der Waals surface area contributed by atoms with E-state index in [-0.39, 0.29) is 5.70 Å². The Morgan fingerprint density at radius 1 is 1.20 bits per heavy atom. The molecule has 2 heterocycles. The van der Waals surface area contributed by atoms with E-state index < -0.39 is 5.97 Å². The third kappa shape index (κ3) is 2.53. The van der Waals surface area contributed by atoms with E-state index in [9.17, 15) is 4.79 Å². The Hall–Kier alpha value is -1.89. The molecular formula is C15H10INO3. The summed E-state index contributed by atoms with van der Waals surface area (Å²) in [4.78, 5) is 16.1. The van der Waals surface area contributed by atoms with Gasteiger partial charge in [0.2, 0.25) is 5.90 Å². The van der Waals surface area contributed by atoms with Crippen LogP contribution < -0.4 is 0 Å². The zero-order valence-corrected chi connectivity index (χ0v) is 12.7. The minimum Gasteiger partial charge on any atom is -0.462 e. The molecule has 1 aliphatic heterocycles. The molecule has 2 aromatic rings. The molecule has 1 aliphatic rings. The number of carbonyl (C=O) groups is 1. The molecule has 0 spiro atoms. The van der Waals surface area contributed by atoms with Gasteiger partial charge in [-0.05, 0) is 53.8 Å². The van der Waals surface area contributed by atoms with Crippen LogP contribution in [0.5, 0.6) is 0 Å². The monoisotopic (exact) mass is 379 g/mol. The van der Waals surface area contributed by atoms with Gasteiger partial charge in [-0.2, -0.15) is 0 Å². The summed E-state index contributed by atoms with van der Waals surface area (Å²) in [5.41, 5.74) is 1.05. The van der Waals surface area contributed by atoms with Crippen LogP contribution in [0, 0.1) is 10.5 Å². The molecule has 20 heavy (non-hydrogen) atoms. The predicted octanol–water partition coefficient (Wildman–Crippen LogP) is 3.54. The standard InChI is InChI=1S/C15H10INO3/c1-9-6-7-10(19-9)8-13-15(18)20-14(17-13)11-4-2-3-5-12(11)16/h2-8H,1H3/b13-8-. The van der Waals surface area contributed by atoms with Gasteiger partial charge in [0.05, 0.1) is 5.56 Å². The number of hydrogen-bond acceptors (Lipinski definition) is 4. The van der Waals surface area contributed by atoms with Gasteiger partial charge in [0, 0.05) is 9.65 Å². The molecule has 3 rings (SSSR count). The second-order valence-electron chi connectivity index (χ2n) is 4.26. The molecule has 0 atom stereocenters. The molecule has 5 heteroatoms. The van der Waals surface area contributed by atoms with Gasteiger partial charge in [-0.1, -0.05) is 12.1 Å². The van der Waals surface area contributed by atoms with Gasteiger partial charge in [-0.3, -0.25) is 0 Å². The number of nitrogens with zero attached hydrogens (tertiary/aromatic N) is 1. The van der Waals surface area contributed by atoms with Crippen LogP contribution in [0.3, 0.4) is 0 Å². The summed E-state index contributed by atoms with van der Waals surface area (Å²) in [5, 5.41) is 0. The van der Waals surface area contributed by atoms with Gasteiger partial charge in [0.25, 0.3) is 0 Å². The fourth-order valence-electron chi connectivity index (χ4n) is 1.82. The quantitative estimate of drug-likeness (QED) is 0.456. The average molecular weight is 379 g/mol. The predicted molar refractivity (Wildman–Crippen MR) is 83.2 cm³/mol. The molecule has 100 valence electrons. The maximum Gasteiger partial charge on any atom is 0.363 e. The van der Waals surface area contributed by atoms with Gasteiger partial charge in [-0.15, -0.1) is 0 Å². The number of aryl methyl sites for hydroxylation is 1. The van der Waals surface area contributed by atoms with Crippen LogP contribution >= 0.6 is 22.6 Å². The second-order valence-corrected chi connectivity index (χ2v) is 5.43. The molecule has 0 bridgehead atoms. The number of benzene rings is 1. The first kappa shape index (κ1) is 13.1. The smallest absolute Gasteiger partial charge is 0.363 e. The van der Waals surface area contributed by atoms with E-state index in [4.69, 9.17) is 9.15 Å². The Labute approximate surface area is 129 Å². The maximum absolute atomic E-state index is 11.8. The number of rotatable bonds is 2. The van der Waals surface area contributed by atoms with Crippen LogP contribution in [0.15, 0.2) is 51.5 Å². The molecule has 0 fully saturated rings. The van der Waals surface area contributed by atoms with Crippen molar-refractivity contribution in [3.63, 3.8) is 0 Å². The number of hydrogen-bond donors (Lipinski definition) is 0. The lowest BCUT2D eigenvalue weighted by Gasteiger charge is -2.01. The Morgan fingerprint density at radius 2 is 2.00 bits per heavy atom. The summed E-state index contributed by atoms with van der Waals surface area (Å²) in [6.07, 6.45) is 1.58. The summed E-state index contributed by atoms with van der Waals surface area (Å²) in [6, 6.07) is 11.2. The Bertz CT molecular complexity index is 743. The van der Waals surface area contributed by atoms with Crippen molar-refractivity contribution in [2.24, 2.45) is 4.99 Å². The van der Waals surface area contributed by atoms with Crippen LogP contribution in [0.1, 0.15) is 17.1 Å². The molecule has 4 nitrogen and oxygen atoms in total. The third-order valence-electron chi connectivity index (χ3n) is 2.76. The van der Waals surface area contributed by atoms with E-state index >= 15 is 0 Å². The van der Waals surface area contributed by atoms with Crippen molar-refractivity contribution in [1.29, 1.82) is 0 Å². The highest BCUT2D eigenvalue weighted by Crippen LogP contribution is 2.22. The average Bonchev–Trinajstić information content (AvgIpc) is 2.98. The maximum atomic E-state index is 11.8. The van der Waals surface area contributed by atoms with E-state index in [2.05, 4.69) is 27.6 Å². The summed E-state index contributed by atoms with van der Waals surface area (Å²) in [6.45, 7) is 1.84. The highest BCUT2D eigenvalue weighted by Gasteiger charge is 2.25. The van der Waals surface area contributed by atoms with Crippen molar-refractivity contribution in [2.75, 3.05) is 0 Å². The highest BCUT2D eigenvalue weighted by molar-refractivity contribution is 14.1. The van der Waals surface area contributed by atoms with Crippen LogP contribution in [0.2, 0.25) is 0 Å². The number of esters is 1. The molecule has 0 aliphatic carbocycles. The SMILES string of the molecule is Cc1ccc(/C=C2\N=C(c3ccccc3I)OC2=O)o1. The zero-order chi connectivity index (χ0) is 14.1. The van der Waals surface area contributed by atoms with E-state index in [0.29, 0.717) is 11.7 Å². The van der Waals surface area contributed by atoms with Crippen molar-refractivity contribution < 1.29 is 13.9 Å². The summed E-state index contributed by atoms with van der Waals surface area (Å²) in [7, 11) is 0. The molecule has 0 saturated heterocycles. The van der Waals surface area contributed by atoms with E-state index in [0.717, 1.165) is 14.9 Å². The van der Waals surface area contributed by atoms with Gasteiger partial charge < -0.3 is 9.15 Å². The molecule has 1 aromatic carbocycles. The minimum absolute atomic E-state index is 0.244. The molecular weight excluding hydrogens is 369 g/mol. The Kier molecular flexibility index (Phi) is 3.43. The zero-order valence-electron chi connectivity index (χ0n) is 10.6. The highest BCUT2D eigenvalue weighted by atomic mass is 127. The number of aliphatic imine (C=N–C) groups is 1. The van der Waals surface area contributed by atoms with Crippen LogP contribution in [0.25, 0.3) is 6.08 Å². The van der Waals surface area contributed by atoms with Crippen molar-refractivity contribution in [3.05, 3.63) is 62.7 Å². The molecule has 0 amide bonds. The van der Waals surface area contributed by atoms with Crippen LogP contribution in [-0.4, -0.2) is 11.9 Å². The van der Waals surface area contributed by atoms with E-state index in [1.54, 1.807) is 12.1 Å². The molecule has 0 N–H and O–H groups in total. The van der Waals surface area contributed by atoms with Crippen LogP contribution in [0.4, 0.5) is 0 Å². The first-order valence-electron chi connectivity index (χ1n) is 5.97. The first-order chi connectivity index (χ1) is 9.63. The molecule has 0 saturated carbocycles. The molecule has 0 radical (unpaired) electrons. The third-order valence-corrected chi connectivity index (χ3v) is 3.71. The number of cyclic esters (lactones) is 1. The second kappa shape index (κ2) is 5.24. The van der Waals surface area contributed by atoms with Gasteiger partial charge in [0.15, 0.2) is 5.70 Å². The van der Waals surface area contributed by atoms with Gasteiger partial charge >= 0.3 is 5.97 Å². The van der Waals surface area contributed by atoms with E-state index in [1.807, 2.05) is 37.3 Å². The summed E-state index contributed by atoms with van der Waals surface area (Å²) < 4.78 is 11.6. The first-order valence-corrected chi connectivity index (χ1v) is 7.05. The van der Waals surface area contributed by atoms with E-state index in [1.165, 1.54) is 0 Å². The Balaban J connectivity index is 1.97. The lowest BCUT2D eigenvalue weighted by atomic mass is 10.2. The van der Waals surface area contributed by atoms with Crippen molar-refractivity contribution in [1.82, 2.24) is 0 Å². The minimum atomic E-state index is -0.464. The largest absolute Gasteiger partial charge is 0.462 e. The topological polar surface area (TPSA) is 51.8 Å². The summed E-state index contributed by atoms with van der Waals surface area (Å²) in [5.74, 6) is 1.23. The normalized spacial score (nSPS) is 16.4. The molecule has 0 unspecified atom stereocenters. The number of ether oxygens (including phenoxy) is 1. The lowest BCUT2D eigenvalue weighted by Crippen LogP contribution is -2.06. The number of halogens is 1. The van der Waals surface area contributed by atoms with Crippen LogP contribution in [-0.2, 0) is 9.53 Å². The van der Waals surface area contributed by atoms with Crippen molar-refractivity contribution >= 4 is 40.5 Å². The summed E-state index contributed by atoms with van der Waals surface area (Å²) >= 11 is 2.18. The van der Waals surface area contributed by atoms with Gasteiger partial charge in [0.1, 0.15) is 11.5 Å². The Morgan fingerprint density at radius 3 is 2.70 bits per heavy atom. The fourth-order valence-corrected chi connectivity index (χ4v) is 2.44. The number of furan rings is 1.